The van der Waals surface area contributed by atoms with Gasteiger partial charge >= 0.3 is 16.4 Å². The Hall–Kier alpha value is -4.94. The van der Waals surface area contributed by atoms with E-state index in [2.05, 4.69) is 22.5 Å². The SMILES string of the molecule is C=C[C@H](C)[C@@](C)(NC(=O)C1C[C@@H](O/C(=C/C(=C(C)C)c2csc(NC(C)C)n2)c2ccc(OC)cc2C)CN1C(=O)[C@@H](NC(=O)OC1CCCC1)C(C)(C)C)C(=O)NS(=O)(=O)OCC(C)(C)C. The number of amides is 4. The van der Waals surface area contributed by atoms with Crippen LogP contribution in [0.2, 0.25) is 0 Å². The molecule has 1 unspecified atom stereocenters. The summed E-state index contributed by atoms with van der Waals surface area (Å²) >= 11 is 1.48. The third-order valence-corrected chi connectivity index (χ3v) is 13.4. The van der Waals surface area contributed by atoms with Gasteiger partial charge in [-0.25, -0.2) is 14.5 Å². The number of ether oxygens (including phenoxy) is 3. The number of alkyl carbamates (subject to hydrolysis) is 1. The van der Waals surface area contributed by atoms with Crippen LogP contribution in [0.5, 0.6) is 5.75 Å². The Morgan fingerprint density at radius 1 is 1.00 bits per heavy atom. The minimum Gasteiger partial charge on any atom is -0.497 e. The van der Waals surface area contributed by atoms with E-state index in [1.807, 2.05) is 69.0 Å². The maximum Gasteiger partial charge on any atom is 0.408 e. The van der Waals surface area contributed by atoms with Gasteiger partial charge in [0.2, 0.25) is 11.8 Å². The first-order valence-corrected chi connectivity index (χ1v) is 25.2. The summed E-state index contributed by atoms with van der Waals surface area (Å²) in [6, 6.07) is 3.33. The monoisotopic (exact) mass is 970 g/mol. The van der Waals surface area contributed by atoms with Gasteiger partial charge in [-0.1, -0.05) is 60.1 Å². The highest BCUT2D eigenvalue weighted by atomic mass is 32.2. The molecular weight excluding hydrogens is 897 g/mol. The molecule has 16 nitrogen and oxygen atoms in total. The van der Waals surface area contributed by atoms with Crippen LogP contribution >= 0.6 is 11.3 Å². The lowest BCUT2D eigenvalue weighted by Crippen LogP contribution is -2.64. The number of nitrogens with zero attached hydrogens (tertiary/aromatic N) is 2. The van der Waals surface area contributed by atoms with Crippen molar-refractivity contribution in [3.8, 4) is 5.75 Å². The Balaban J connectivity index is 1.81. The van der Waals surface area contributed by atoms with Crippen LogP contribution in [0, 0.1) is 23.7 Å². The van der Waals surface area contributed by atoms with Crippen molar-refractivity contribution >= 4 is 61.9 Å². The number of rotatable bonds is 19. The van der Waals surface area contributed by atoms with Crippen LogP contribution in [0.1, 0.15) is 132 Å². The van der Waals surface area contributed by atoms with Crippen molar-refractivity contribution in [1.82, 2.24) is 25.2 Å². The zero-order valence-electron chi connectivity index (χ0n) is 41.9. The minimum absolute atomic E-state index is 0.0516. The fourth-order valence-corrected chi connectivity index (χ4v) is 9.53. The molecule has 1 saturated carbocycles. The number of anilines is 1. The molecule has 2 aromatic rings. The fourth-order valence-electron chi connectivity index (χ4n) is 7.67. The lowest BCUT2D eigenvalue weighted by Gasteiger charge is -2.37. The average molecular weight is 971 g/mol. The number of hydrogen-bond acceptors (Lipinski definition) is 13. The molecule has 0 bridgehead atoms. The van der Waals surface area contributed by atoms with Crippen LogP contribution in [0.3, 0.4) is 0 Å². The van der Waals surface area contributed by atoms with Gasteiger partial charge in [0.1, 0.15) is 41.3 Å². The topological polar surface area (TPSA) is 204 Å². The largest absolute Gasteiger partial charge is 0.497 e. The number of carbonyl (C=O) groups excluding carboxylic acids is 4. The van der Waals surface area contributed by atoms with E-state index < -0.39 is 74.6 Å². The summed E-state index contributed by atoms with van der Waals surface area (Å²) in [7, 11) is -3.03. The number of thiazole rings is 1. The molecule has 372 valence electrons. The summed E-state index contributed by atoms with van der Waals surface area (Å²) in [6.45, 7) is 27.2. The van der Waals surface area contributed by atoms with Gasteiger partial charge in [-0.05, 0) is 108 Å². The highest BCUT2D eigenvalue weighted by molar-refractivity contribution is 7.85. The average Bonchev–Trinajstić information content (AvgIpc) is 4.01. The van der Waals surface area contributed by atoms with Crippen LogP contribution in [0.25, 0.3) is 11.3 Å². The zero-order chi connectivity index (χ0) is 50.2. The van der Waals surface area contributed by atoms with Crippen LogP contribution in [0.15, 0.2) is 47.9 Å². The van der Waals surface area contributed by atoms with E-state index in [1.54, 1.807) is 55.6 Å². The molecular formula is C49H74N6O10S2. The third kappa shape index (κ3) is 15.0. The van der Waals surface area contributed by atoms with Gasteiger partial charge in [0.25, 0.3) is 5.91 Å². The number of methoxy groups -OCH3 is 1. The third-order valence-electron chi connectivity index (χ3n) is 11.8. The van der Waals surface area contributed by atoms with E-state index in [0.717, 1.165) is 58.8 Å². The van der Waals surface area contributed by atoms with E-state index in [1.165, 1.54) is 29.2 Å². The highest BCUT2D eigenvalue weighted by Gasteiger charge is 2.49. The first-order chi connectivity index (χ1) is 31.1. The lowest BCUT2D eigenvalue weighted by molar-refractivity contribution is -0.143. The Bertz CT molecular complexity index is 2280. The van der Waals surface area contributed by atoms with E-state index >= 15 is 4.79 Å². The molecule has 5 atom stereocenters. The van der Waals surface area contributed by atoms with E-state index in [0.29, 0.717) is 11.5 Å². The second-order valence-electron chi connectivity index (χ2n) is 20.6. The molecule has 18 heteroatoms. The highest BCUT2D eigenvalue weighted by Crippen LogP contribution is 2.36. The molecule has 1 aliphatic carbocycles. The molecule has 1 aliphatic heterocycles. The van der Waals surface area contributed by atoms with Gasteiger partial charge in [-0.15, -0.1) is 17.9 Å². The molecule has 4 N–H and O–H groups in total. The molecule has 2 fully saturated rings. The molecule has 1 aromatic heterocycles. The number of aryl methyl sites for hydroxylation is 1. The summed E-state index contributed by atoms with van der Waals surface area (Å²) in [5.41, 5.74) is 0.733. The first-order valence-electron chi connectivity index (χ1n) is 22.9. The molecule has 2 aliphatic rings. The Labute approximate surface area is 402 Å². The number of nitrogens with one attached hydrogen (secondary N) is 4. The van der Waals surface area contributed by atoms with Crippen molar-refractivity contribution in [1.29, 1.82) is 0 Å². The Kier molecular flexibility index (Phi) is 18.3. The van der Waals surface area contributed by atoms with Crippen molar-refractivity contribution in [2.45, 2.75) is 158 Å². The summed E-state index contributed by atoms with van der Waals surface area (Å²) in [4.78, 5) is 63.6. The lowest BCUT2D eigenvalue weighted by atomic mass is 9.85. The van der Waals surface area contributed by atoms with Gasteiger partial charge in [0.05, 0.1) is 26.0 Å². The molecule has 0 radical (unpaired) electrons. The van der Waals surface area contributed by atoms with E-state index in [4.69, 9.17) is 23.4 Å². The number of carbonyl (C=O) groups is 4. The van der Waals surface area contributed by atoms with Crippen molar-refractivity contribution in [2.75, 3.05) is 25.6 Å². The van der Waals surface area contributed by atoms with Crippen molar-refractivity contribution < 1.29 is 46.0 Å². The van der Waals surface area contributed by atoms with Crippen LogP contribution in [-0.2, 0) is 38.3 Å². The van der Waals surface area contributed by atoms with Gasteiger partial charge in [0.15, 0.2) is 5.13 Å². The Morgan fingerprint density at radius 3 is 2.21 bits per heavy atom. The maximum atomic E-state index is 15.0. The summed E-state index contributed by atoms with van der Waals surface area (Å²) in [6.07, 6.45) is 4.78. The number of aromatic nitrogens is 1. The summed E-state index contributed by atoms with van der Waals surface area (Å²) < 4.78 is 51.4. The minimum atomic E-state index is -4.61. The van der Waals surface area contributed by atoms with E-state index in [9.17, 15) is 22.8 Å². The smallest absolute Gasteiger partial charge is 0.408 e. The molecule has 0 spiro atoms. The second-order valence-corrected chi connectivity index (χ2v) is 22.8. The van der Waals surface area contributed by atoms with Gasteiger partial charge in [-0.3, -0.25) is 18.6 Å². The molecule has 4 rings (SSSR count). The van der Waals surface area contributed by atoms with Crippen LogP contribution in [-0.4, -0.2) is 98.3 Å². The maximum absolute atomic E-state index is 15.0. The number of benzene rings is 1. The van der Waals surface area contributed by atoms with Gasteiger partial charge in [-0.2, -0.15) is 8.42 Å². The molecule has 1 saturated heterocycles. The second kappa shape index (κ2) is 22.4. The molecule has 4 amide bonds. The summed E-state index contributed by atoms with van der Waals surface area (Å²) in [5, 5.41) is 11.7. The molecule has 1 aromatic carbocycles. The number of allylic oxidation sites excluding steroid dienone is 3. The molecule has 2 heterocycles. The molecule has 67 heavy (non-hydrogen) atoms. The van der Waals surface area contributed by atoms with Gasteiger partial charge in [0, 0.05) is 34.9 Å². The predicted molar refractivity (Wildman–Crippen MR) is 263 cm³/mol. The predicted octanol–water partition coefficient (Wildman–Crippen LogP) is 8.31. The number of likely N-dealkylation sites (tertiary alicyclic amines) is 1. The van der Waals surface area contributed by atoms with Crippen molar-refractivity contribution in [3.63, 3.8) is 0 Å². The van der Waals surface area contributed by atoms with Crippen molar-refractivity contribution in [2.24, 2.45) is 16.7 Å². The summed E-state index contributed by atoms with van der Waals surface area (Å²) in [5.74, 6) is -2.15. The fraction of sp³-hybridized carbons (Fsp3) is 0.612. The number of hydrogen-bond donors (Lipinski definition) is 4. The zero-order valence-corrected chi connectivity index (χ0v) is 43.5. The first kappa shape index (κ1) is 54.7. The van der Waals surface area contributed by atoms with Crippen LogP contribution in [0.4, 0.5) is 9.93 Å². The quantitative estimate of drug-likeness (QED) is 0.0597. The van der Waals surface area contributed by atoms with Crippen LogP contribution < -0.4 is 25.4 Å². The van der Waals surface area contributed by atoms with E-state index in [-0.39, 0.29) is 31.7 Å². The van der Waals surface area contributed by atoms with Gasteiger partial charge < -0.3 is 35.1 Å². The van der Waals surface area contributed by atoms with Crippen molar-refractivity contribution in [3.05, 3.63) is 64.7 Å². The normalized spacial score (nSPS) is 18.9. The standard InChI is InChI=1S/C49H74N6O10S2/c1-16-32(7)49(14,44(58)54-67(60,61)63-28-47(8,9)10)53-42(56)39-24-35(26-55(39)43(57)41(48(11,12)13)52-46(59)65-33-19-17-18-20-33)64-40(36-22-21-34(62-15)23-31(36)6)25-37(29(2)3)38-27-66-45(51-38)50-30(4)5/h16,21-23,25,27,30,32-33,35,39,41H,1,17-20,24,26,28H2,2-15H3,(H,50,51)(H,52,59)(H,53,56)(H,54,58)/b40-25+/t32-,35+,39?,41+,49+/m0/s1. The Morgan fingerprint density at radius 2 is 1.66 bits per heavy atom.